The van der Waals surface area contributed by atoms with E-state index >= 15 is 0 Å². The topological polar surface area (TPSA) is 89.0 Å². The summed E-state index contributed by atoms with van der Waals surface area (Å²) in [7, 11) is 1.60. The zero-order valence-electron chi connectivity index (χ0n) is 13.2. The Bertz CT molecular complexity index is 822. The summed E-state index contributed by atoms with van der Waals surface area (Å²) < 4.78 is 5.94. The Balaban J connectivity index is 1.75. The molecule has 1 amide bonds. The van der Waals surface area contributed by atoms with Gasteiger partial charge in [-0.3, -0.25) is 19.7 Å². The number of nitrogens with zero attached hydrogens (tertiary/aromatic N) is 3. The summed E-state index contributed by atoms with van der Waals surface area (Å²) in [5.74, 6) is -0.198. The van der Waals surface area contributed by atoms with Crippen LogP contribution in [0.1, 0.15) is 16.2 Å². The number of aromatic nitrogens is 3. The van der Waals surface area contributed by atoms with Gasteiger partial charge in [0.1, 0.15) is 5.69 Å². The van der Waals surface area contributed by atoms with Gasteiger partial charge in [0, 0.05) is 42.3 Å². The van der Waals surface area contributed by atoms with E-state index < -0.39 is 0 Å². The molecule has 0 atom stereocenters. The minimum absolute atomic E-state index is 0.198. The minimum Gasteiger partial charge on any atom is -0.383 e. The van der Waals surface area contributed by atoms with Crippen molar-refractivity contribution in [3.8, 4) is 0 Å². The molecule has 124 valence electrons. The Hall–Kier alpha value is -2.58. The minimum atomic E-state index is -0.198. The third kappa shape index (κ3) is 3.84. The van der Waals surface area contributed by atoms with Crippen molar-refractivity contribution >= 4 is 32.3 Å². The summed E-state index contributed by atoms with van der Waals surface area (Å²) in [5, 5.41) is 7.89. The van der Waals surface area contributed by atoms with Gasteiger partial charge in [0.25, 0.3) is 5.91 Å². The molecule has 0 bridgehead atoms. The van der Waals surface area contributed by atoms with Crippen molar-refractivity contribution in [2.45, 2.75) is 6.54 Å². The SMILES string of the molecule is COCCNC(=O)c1nccc2sc(NCc3cnccn3)cc12. The van der Waals surface area contributed by atoms with Crippen LogP contribution in [-0.4, -0.2) is 41.1 Å². The van der Waals surface area contributed by atoms with E-state index in [9.17, 15) is 4.79 Å². The molecule has 3 aromatic heterocycles. The van der Waals surface area contributed by atoms with E-state index in [4.69, 9.17) is 4.74 Å². The van der Waals surface area contributed by atoms with Crippen LogP contribution in [0.5, 0.6) is 0 Å². The maximum absolute atomic E-state index is 12.3. The van der Waals surface area contributed by atoms with E-state index in [-0.39, 0.29) is 5.91 Å². The number of pyridine rings is 1. The highest BCUT2D eigenvalue weighted by Gasteiger charge is 2.13. The van der Waals surface area contributed by atoms with Crippen LogP contribution < -0.4 is 10.6 Å². The van der Waals surface area contributed by atoms with Crippen LogP contribution in [0.4, 0.5) is 5.00 Å². The number of carbonyl (C=O) groups excluding carboxylic acids is 1. The first-order valence-electron chi connectivity index (χ1n) is 7.42. The smallest absolute Gasteiger partial charge is 0.270 e. The molecule has 0 aliphatic carbocycles. The first kappa shape index (κ1) is 16.3. The molecule has 3 rings (SSSR count). The lowest BCUT2D eigenvalue weighted by Crippen LogP contribution is -2.27. The second-order valence-electron chi connectivity index (χ2n) is 4.98. The van der Waals surface area contributed by atoms with Gasteiger partial charge in [0.2, 0.25) is 0 Å². The van der Waals surface area contributed by atoms with Crippen LogP contribution in [0.25, 0.3) is 10.1 Å². The highest BCUT2D eigenvalue weighted by molar-refractivity contribution is 7.22. The summed E-state index contributed by atoms with van der Waals surface area (Å²) in [6.07, 6.45) is 6.67. The Labute approximate surface area is 143 Å². The number of thiophene rings is 1. The van der Waals surface area contributed by atoms with Crippen LogP contribution in [0, 0.1) is 0 Å². The Morgan fingerprint density at radius 1 is 1.29 bits per heavy atom. The van der Waals surface area contributed by atoms with Crippen molar-refractivity contribution in [1.29, 1.82) is 0 Å². The molecule has 7 nitrogen and oxygen atoms in total. The third-order valence-electron chi connectivity index (χ3n) is 3.31. The monoisotopic (exact) mass is 343 g/mol. The van der Waals surface area contributed by atoms with E-state index in [2.05, 4.69) is 25.6 Å². The van der Waals surface area contributed by atoms with Gasteiger partial charge in [0.05, 0.1) is 30.0 Å². The van der Waals surface area contributed by atoms with Crippen LogP contribution >= 0.6 is 11.3 Å². The fourth-order valence-corrected chi connectivity index (χ4v) is 3.13. The van der Waals surface area contributed by atoms with Crippen molar-refractivity contribution in [1.82, 2.24) is 20.3 Å². The van der Waals surface area contributed by atoms with Crippen molar-refractivity contribution in [3.05, 3.63) is 48.3 Å². The van der Waals surface area contributed by atoms with Gasteiger partial charge >= 0.3 is 0 Å². The average Bonchev–Trinajstić information content (AvgIpc) is 3.04. The fourth-order valence-electron chi connectivity index (χ4n) is 2.18. The number of methoxy groups -OCH3 is 1. The summed E-state index contributed by atoms with van der Waals surface area (Å²) >= 11 is 1.57. The molecule has 3 heterocycles. The third-order valence-corrected chi connectivity index (χ3v) is 4.37. The maximum atomic E-state index is 12.3. The van der Waals surface area contributed by atoms with Gasteiger partial charge in [-0.05, 0) is 12.1 Å². The zero-order valence-corrected chi connectivity index (χ0v) is 14.0. The first-order chi connectivity index (χ1) is 11.8. The van der Waals surface area contributed by atoms with E-state index in [1.165, 1.54) is 0 Å². The van der Waals surface area contributed by atoms with E-state index in [0.717, 1.165) is 20.8 Å². The lowest BCUT2D eigenvalue weighted by Gasteiger charge is -2.04. The summed E-state index contributed by atoms with van der Waals surface area (Å²) in [6, 6.07) is 3.84. The van der Waals surface area contributed by atoms with Crippen LogP contribution in [0.2, 0.25) is 0 Å². The molecule has 0 unspecified atom stereocenters. The molecule has 0 spiro atoms. The van der Waals surface area contributed by atoms with Crippen molar-refractivity contribution < 1.29 is 9.53 Å². The van der Waals surface area contributed by atoms with Gasteiger partial charge in [-0.25, -0.2) is 0 Å². The quantitative estimate of drug-likeness (QED) is 0.639. The Morgan fingerprint density at radius 2 is 2.21 bits per heavy atom. The average molecular weight is 343 g/mol. The number of carbonyl (C=O) groups is 1. The predicted octanol–water partition coefficient (Wildman–Crippen LogP) is 2.07. The van der Waals surface area contributed by atoms with Crippen LogP contribution in [0.3, 0.4) is 0 Å². The molecule has 3 aromatic rings. The molecule has 2 N–H and O–H groups in total. The fraction of sp³-hybridized carbons (Fsp3) is 0.250. The number of rotatable bonds is 7. The molecule has 0 aromatic carbocycles. The molecule has 0 radical (unpaired) electrons. The molecule has 0 aliphatic rings. The molecule has 0 saturated heterocycles. The van der Waals surface area contributed by atoms with E-state index in [1.807, 2.05) is 12.1 Å². The van der Waals surface area contributed by atoms with Gasteiger partial charge < -0.3 is 15.4 Å². The van der Waals surface area contributed by atoms with Crippen molar-refractivity contribution in [3.63, 3.8) is 0 Å². The molecule has 0 saturated carbocycles. The number of hydrogen-bond acceptors (Lipinski definition) is 7. The zero-order chi connectivity index (χ0) is 16.8. The number of anilines is 1. The maximum Gasteiger partial charge on any atom is 0.270 e. The second-order valence-corrected chi connectivity index (χ2v) is 6.06. The van der Waals surface area contributed by atoms with E-state index in [1.54, 1.807) is 43.2 Å². The van der Waals surface area contributed by atoms with Gasteiger partial charge in [-0.15, -0.1) is 11.3 Å². The molecule has 0 aliphatic heterocycles. The number of nitrogens with one attached hydrogen (secondary N) is 2. The van der Waals surface area contributed by atoms with Crippen LogP contribution in [-0.2, 0) is 11.3 Å². The van der Waals surface area contributed by atoms with Gasteiger partial charge in [-0.1, -0.05) is 0 Å². The number of hydrogen-bond donors (Lipinski definition) is 2. The first-order valence-corrected chi connectivity index (χ1v) is 8.24. The predicted molar refractivity (Wildman–Crippen MR) is 93.2 cm³/mol. The highest BCUT2D eigenvalue weighted by Crippen LogP contribution is 2.31. The molecular formula is C16H17N5O2S. The van der Waals surface area contributed by atoms with Gasteiger partial charge in [-0.2, -0.15) is 0 Å². The van der Waals surface area contributed by atoms with Crippen LogP contribution in [0.15, 0.2) is 36.9 Å². The number of amides is 1. The normalized spacial score (nSPS) is 10.7. The van der Waals surface area contributed by atoms with Crippen molar-refractivity contribution in [2.75, 3.05) is 25.6 Å². The second kappa shape index (κ2) is 7.80. The van der Waals surface area contributed by atoms with E-state index in [0.29, 0.717) is 25.4 Å². The number of ether oxygens (including phenoxy) is 1. The van der Waals surface area contributed by atoms with Crippen molar-refractivity contribution in [2.24, 2.45) is 0 Å². The molecular weight excluding hydrogens is 326 g/mol. The molecule has 8 heteroatoms. The van der Waals surface area contributed by atoms with Gasteiger partial charge in [0.15, 0.2) is 0 Å². The largest absolute Gasteiger partial charge is 0.383 e. The summed E-state index contributed by atoms with van der Waals surface area (Å²) in [4.78, 5) is 24.7. The Morgan fingerprint density at radius 3 is 3.00 bits per heavy atom. The standard InChI is InChI=1S/C16H17N5O2S/c1-23-7-6-20-16(22)15-12-8-14(24-13(12)2-3-19-15)21-10-11-9-17-4-5-18-11/h2-5,8-9,21H,6-7,10H2,1H3,(H,20,22). The molecule has 24 heavy (non-hydrogen) atoms. The lowest BCUT2D eigenvalue weighted by atomic mass is 10.2. The lowest BCUT2D eigenvalue weighted by molar-refractivity contribution is 0.0934. The number of fused-ring (bicyclic) bond motifs is 1. The highest BCUT2D eigenvalue weighted by atomic mass is 32.1. The summed E-state index contributed by atoms with van der Waals surface area (Å²) in [6.45, 7) is 1.50. The molecule has 0 fully saturated rings. The summed E-state index contributed by atoms with van der Waals surface area (Å²) in [5.41, 5.74) is 1.28. The Kier molecular flexibility index (Phi) is 5.29.